The Morgan fingerprint density at radius 2 is 1.71 bits per heavy atom. The number of halogens is 3. The van der Waals surface area contributed by atoms with E-state index in [0.717, 1.165) is 12.1 Å². The van der Waals surface area contributed by atoms with Crippen LogP contribution in [-0.2, 0) is 6.18 Å². The first kappa shape index (κ1) is 17.2. The van der Waals surface area contributed by atoms with Gasteiger partial charge in [-0.05, 0) is 12.1 Å². The molecule has 1 aliphatic carbocycles. The van der Waals surface area contributed by atoms with Crippen molar-refractivity contribution in [2.75, 3.05) is 12.5 Å². The number of hydrogen-bond acceptors (Lipinski definition) is 4. The van der Waals surface area contributed by atoms with E-state index in [1.54, 1.807) is 0 Å². The highest BCUT2D eigenvalue weighted by Crippen LogP contribution is 2.33. The first-order chi connectivity index (χ1) is 9.95. The van der Waals surface area contributed by atoms with Gasteiger partial charge >= 0.3 is 6.18 Å². The Morgan fingerprint density at radius 1 is 1.19 bits per heavy atom. The quantitative estimate of drug-likeness (QED) is 0.665. The molecule has 1 aliphatic rings. The van der Waals surface area contributed by atoms with Crippen molar-refractivity contribution < 1.29 is 13.2 Å². The van der Waals surface area contributed by atoms with Crippen molar-refractivity contribution in [3.8, 4) is 0 Å². The number of hydrazine groups is 1. The molecule has 0 amide bonds. The average molecular weight is 304 g/mol. The monoisotopic (exact) mass is 304 g/mol. The lowest BCUT2D eigenvalue weighted by atomic mass is 10.0. The van der Waals surface area contributed by atoms with Crippen LogP contribution < -0.4 is 5.43 Å². The Balaban J connectivity index is 0.000000304. The Bertz CT molecular complexity index is 424. The fraction of sp³-hybridized carbons (Fsp3) is 0.615. The molecule has 1 aromatic heterocycles. The zero-order valence-corrected chi connectivity index (χ0v) is 11.9. The highest BCUT2D eigenvalue weighted by atomic mass is 19.4. The van der Waals surface area contributed by atoms with E-state index in [1.165, 1.54) is 51.8 Å². The number of nitrogens with one attached hydrogen (secondary N) is 1. The number of anilines is 1. The number of aromatic nitrogens is 1. The Kier molecular flexibility index (Phi) is 6.90. The summed E-state index contributed by atoms with van der Waals surface area (Å²) in [7, 11) is 1.17. The fourth-order valence-electron chi connectivity index (χ4n) is 1.96. The molecule has 0 unspecified atom stereocenters. The predicted octanol–water partition coefficient (Wildman–Crippen LogP) is 4.38. The van der Waals surface area contributed by atoms with Gasteiger partial charge in [-0.2, -0.15) is 18.3 Å². The lowest BCUT2D eigenvalue weighted by Crippen LogP contribution is -2.22. The maximum absolute atomic E-state index is 12.4. The van der Waals surface area contributed by atoms with Gasteiger partial charge in [0.2, 0.25) is 0 Å². The van der Waals surface area contributed by atoms with Gasteiger partial charge in [-0.25, -0.2) is 4.98 Å². The minimum absolute atomic E-state index is 0.466. The average Bonchev–Trinajstić information content (AvgIpc) is 2.49. The third-order valence-corrected chi connectivity index (χ3v) is 3.00. The number of nitroso groups, excluding NO2 is 1. The Hall–Kier alpha value is -1.86. The molecule has 5 nitrogen and oxygen atoms in total. The van der Waals surface area contributed by atoms with Crippen LogP contribution in [0.2, 0.25) is 0 Å². The zero-order valence-electron chi connectivity index (χ0n) is 11.9. The van der Waals surface area contributed by atoms with E-state index >= 15 is 0 Å². The van der Waals surface area contributed by atoms with E-state index in [-0.39, 0.29) is 0 Å². The second-order valence-electron chi connectivity index (χ2n) is 4.74. The number of nitrogens with zero attached hydrogens (tertiary/aromatic N) is 3. The maximum Gasteiger partial charge on any atom is 0.420 e. The summed E-state index contributed by atoms with van der Waals surface area (Å²) in [6, 6.07) is 2.01. The summed E-state index contributed by atoms with van der Waals surface area (Å²) < 4.78 is 37.2. The van der Waals surface area contributed by atoms with E-state index in [2.05, 4.69) is 15.7 Å². The molecular formula is C13H19F3N4O. The summed E-state index contributed by atoms with van der Waals surface area (Å²) in [5.41, 5.74) is 1.13. The van der Waals surface area contributed by atoms with Crippen molar-refractivity contribution in [1.82, 2.24) is 10.1 Å². The van der Waals surface area contributed by atoms with Crippen LogP contribution >= 0.6 is 0 Å². The van der Waals surface area contributed by atoms with E-state index < -0.39 is 17.6 Å². The van der Waals surface area contributed by atoms with Gasteiger partial charge in [-0.1, -0.05) is 38.5 Å². The topological polar surface area (TPSA) is 57.6 Å². The molecule has 1 fully saturated rings. The molecule has 0 radical (unpaired) electrons. The molecule has 0 saturated heterocycles. The second-order valence-corrected chi connectivity index (χ2v) is 4.74. The van der Waals surface area contributed by atoms with E-state index in [0.29, 0.717) is 5.12 Å². The van der Waals surface area contributed by atoms with Crippen LogP contribution in [0.5, 0.6) is 0 Å². The molecule has 0 bridgehead atoms. The molecule has 0 aromatic carbocycles. The van der Waals surface area contributed by atoms with E-state index in [1.807, 2.05) is 0 Å². The minimum atomic E-state index is -4.53. The van der Waals surface area contributed by atoms with Crippen LogP contribution in [0.15, 0.2) is 23.6 Å². The molecule has 118 valence electrons. The Morgan fingerprint density at radius 3 is 2.14 bits per heavy atom. The van der Waals surface area contributed by atoms with Gasteiger partial charge in [0.15, 0.2) is 5.82 Å². The summed E-state index contributed by atoms with van der Waals surface area (Å²) in [6.45, 7) is 0. The molecule has 0 spiro atoms. The first-order valence-electron chi connectivity index (χ1n) is 6.81. The van der Waals surface area contributed by atoms with Gasteiger partial charge in [-0.3, -0.25) is 5.43 Å². The smallest absolute Gasteiger partial charge is 0.263 e. The Labute approximate surface area is 121 Å². The molecule has 0 atom stereocenters. The van der Waals surface area contributed by atoms with Crippen molar-refractivity contribution in [2.24, 2.45) is 5.29 Å². The van der Waals surface area contributed by atoms with Crippen LogP contribution in [0, 0.1) is 4.91 Å². The second kappa shape index (κ2) is 8.43. The molecule has 0 aliphatic heterocycles. The first-order valence-corrected chi connectivity index (χ1v) is 6.81. The van der Waals surface area contributed by atoms with Crippen LogP contribution in [-0.4, -0.2) is 17.1 Å². The molecule has 21 heavy (non-hydrogen) atoms. The lowest BCUT2D eigenvalue weighted by Gasteiger charge is -2.15. The summed E-state index contributed by atoms with van der Waals surface area (Å²) in [6.07, 6.45) is 5.65. The van der Waals surface area contributed by atoms with Crippen LogP contribution in [0.25, 0.3) is 0 Å². The van der Waals surface area contributed by atoms with Crippen LogP contribution in [0.4, 0.5) is 19.0 Å². The highest BCUT2D eigenvalue weighted by molar-refractivity contribution is 5.44. The third-order valence-electron chi connectivity index (χ3n) is 3.00. The van der Waals surface area contributed by atoms with E-state index in [4.69, 9.17) is 0 Å². The lowest BCUT2D eigenvalue weighted by molar-refractivity contribution is -0.137. The van der Waals surface area contributed by atoms with Gasteiger partial charge in [0.25, 0.3) is 0 Å². The SMILES string of the molecule is C1CCCCC1.CN(N=O)Nc1ncccc1C(F)(F)F. The molecular weight excluding hydrogens is 285 g/mol. The number of pyridine rings is 1. The highest BCUT2D eigenvalue weighted by Gasteiger charge is 2.34. The van der Waals surface area contributed by atoms with Gasteiger partial charge < -0.3 is 0 Å². The fourth-order valence-corrected chi connectivity index (χ4v) is 1.96. The summed E-state index contributed by atoms with van der Waals surface area (Å²) in [5.74, 6) is -0.466. The third kappa shape index (κ3) is 6.42. The zero-order chi connectivity index (χ0) is 15.7. The number of rotatable bonds is 3. The summed E-state index contributed by atoms with van der Waals surface area (Å²) in [5, 5.41) is 2.97. The normalized spacial score (nSPS) is 14.7. The predicted molar refractivity (Wildman–Crippen MR) is 74.1 cm³/mol. The minimum Gasteiger partial charge on any atom is -0.263 e. The molecule has 2 rings (SSSR count). The van der Waals surface area contributed by atoms with Crippen molar-refractivity contribution in [3.05, 3.63) is 28.8 Å². The summed E-state index contributed by atoms with van der Waals surface area (Å²) in [4.78, 5) is 13.4. The van der Waals surface area contributed by atoms with Gasteiger partial charge in [0.05, 0.1) is 17.9 Å². The number of hydrogen-bond donors (Lipinski definition) is 1. The van der Waals surface area contributed by atoms with Gasteiger partial charge in [0.1, 0.15) is 0 Å². The maximum atomic E-state index is 12.4. The molecule has 1 aromatic rings. The van der Waals surface area contributed by atoms with Crippen molar-refractivity contribution in [3.63, 3.8) is 0 Å². The molecule has 1 N–H and O–H groups in total. The molecule has 1 saturated carbocycles. The standard InChI is InChI=1S/C7H7F3N4O.C6H12/c1-14(13-15)12-6-5(7(8,9)10)3-2-4-11-6;1-2-4-6-5-3-1/h2-4H,1H3,(H,11,12);1-6H2. The van der Waals surface area contributed by atoms with Crippen LogP contribution in [0.3, 0.4) is 0 Å². The summed E-state index contributed by atoms with van der Waals surface area (Å²) >= 11 is 0. The van der Waals surface area contributed by atoms with Crippen molar-refractivity contribution in [1.29, 1.82) is 0 Å². The molecule has 8 heteroatoms. The van der Waals surface area contributed by atoms with Gasteiger partial charge in [-0.15, -0.1) is 4.91 Å². The largest absolute Gasteiger partial charge is 0.420 e. The van der Waals surface area contributed by atoms with Crippen molar-refractivity contribution in [2.45, 2.75) is 44.7 Å². The molecule has 1 heterocycles. The van der Waals surface area contributed by atoms with Crippen LogP contribution in [0.1, 0.15) is 44.1 Å². The van der Waals surface area contributed by atoms with Crippen molar-refractivity contribution >= 4 is 5.82 Å². The van der Waals surface area contributed by atoms with Gasteiger partial charge in [0, 0.05) is 6.20 Å². The van der Waals surface area contributed by atoms with E-state index in [9.17, 15) is 18.1 Å². The number of alkyl halides is 3.